The van der Waals surface area contributed by atoms with Crippen LogP contribution in [0.25, 0.3) is 0 Å². The fraction of sp³-hybridized carbons (Fsp3) is 0.538. The maximum atomic E-state index is 13.7. The SMILES string of the molecule is CC1CCN(c2cccc(F)c2[C@@H](C)O)C1. The van der Waals surface area contributed by atoms with Gasteiger partial charge >= 0.3 is 0 Å². The summed E-state index contributed by atoms with van der Waals surface area (Å²) in [7, 11) is 0. The first-order valence-corrected chi connectivity index (χ1v) is 5.81. The molecule has 1 aromatic carbocycles. The van der Waals surface area contributed by atoms with Crippen LogP contribution in [0.5, 0.6) is 0 Å². The van der Waals surface area contributed by atoms with E-state index in [1.165, 1.54) is 6.07 Å². The lowest BCUT2D eigenvalue weighted by Gasteiger charge is -2.23. The number of aliphatic hydroxyl groups is 1. The van der Waals surface area contributed by atoms with Gasteiger partial charge in [0.05, 0.1) is 6.10 Å². The first-order valence-electron chi connectivity index (χ1n) is 5.81. The summed E-state index contributed by atoms with van der Waals surface area (Å²) in [4.78, 5) is 2.16. The normalized spacial score (nSPS) is 22.5. The lowest BCUT2D eigenvalue weighted by Crippen LogP contribution is -2.21. The molecule has 0 saturated carbocycles. The molecular formula is C13H18FNO. The predicted molar refractivity (Wildman–Crippen MR) is 63.0 cm³/mol. The van der Waals surface area contributed by atoms with Crippen molar-refractivity contribution >= 4 is 5.69 Å². The van der Waals surface area contributed by atoms with Crippen LogP contribution in [0.3, 0.4) is 0 Å². The number of halogens is 1. The number of rotatable bonds is 2. The summed E-state index contributed by atoms with van der Waals surface area (Å²) < 4.78 is 13.7. The van der Waals surface area contributed by atoms with Crippen LogP contribution < -0.4 is 4.90 Å². The van der Waals surface area contributed by atoms with E-state index in [0.717, 1.165) is 25.2 Å². The van der Waals surface area contributed by atoms with Crippen LogP contribution in [-0.2, 0) is 0 Å². The third kappa shape index (κ3) is 2.05. The molecule has 1 heterocycles. The molecule has 88 valence electrons. The average molecular weight is 223 g/mol. The zero-order valence-electron chi connectivity index (χ0n) is 9.78. The number of aliphatic hydroxyl groups excluding tert-OH is 1. The molecular weight excluding hydrogens is 205 g/mol. The van der Waals surface area contributed by atoms with Gasteiger partial charge in [-0.3, -0.25) is 0 Å². The molecule has 1 N–H and O–H groups in total. The Hall–Kier alpha value is -1.09. The van der Waals surface area contributed by atoms with E-state index < -0.39 is 6.10 Å². The van der Waals surface area contributed by atoms with Crippen LogP contribution in [0.1, 0.15) is 31.9 Å². The highest BCUT2D eigenvalue weighted by atomic mass is 19.1. The van der Waals surface area contributed by atoms with Crippen molar-refractivity contribution in [1.29, 1.82) is 0 Å². The minimum Gasteiger partial charge on any atom is -0.389 e. The molecule has 0 radical (unpaired) electrons. The van der Waals surface area contributed by atoms with E-state index in [0.29, 0.717) is 11.5 Å². The van der Waals surface area contributed by atoms with Crippen molar-refractivity contribution in [2.75, 3.05) is 18.0 Å². The molecule has 0 amide bonds. The highest BCUT2D eigenvalue weighted by Gasteiger charge is 2.23. The van der Waals surface area contributed by atoms with Crippen molar-refractivity contribution in [2.45, 2.75) is 26.4 Å². The molecule has 1 fully saturated rings. The summed E-state index contributed by atoms with van der Waals surface area (Å²) >= 11 is 0. The molecule has 1 aliphatic heterocycles. The maximum absolute atomic E-state index is 13.7. The standard InChI is InChI=1S/C13H18FNO/c1-9-6-7-15(8-9)12-5-3-4-11(14)13(12)10(2)16/h3-5,9-10,16H,6-8H2,1-2H3/t9?,10-/m1/s1. The van der Waals surface area contributed by atoms with Gasteiger partial charge < -0.3 is 10.0 Å². The number of anilines is 1. The van der Waals surface area contributed by atoms with Gasteiger partial charge in [0.15, 0.2) is 0 Å². The second-order valence-corrected chi connectivity index (χ2v) is 4.69. The Morgan fingerprint density at radius 1 is 1.50 bits per heavy atom. The van der Waals surface area contributed by atoms with Crippen LogP contribution >= 0.6 is 0 Å². The fourth-order valence-electron chi connectivity index (χ4n) is 2.37. The highest BCUT2D eigenvalue weighted by Crippen LogP contribution is 2.32. The van der Waals surface area contributed by atoms with Crippen LogP contribution in [0.2, 0.25) is 0 Å². The van der Waals surface area contributed by atoms with E-state index in [-0.39, 0.29) is 5.82 Å². The smallest absolute Gasteiger partial charge is 0.131 e. The number of hydrogen-bond donors (Lipinski definition) is 1. The molecule has 0 aromatic heterocycles. The van der Waals surface area contributed by atoms with Gasteiger partial charge in [-0.15, -0.1) is 0 Å². The van der Waals surface area contributed by atoms with E-state index in [2.05, 4.69) is 11.8 Å². The molecule has 1 unspecified atom stereocenters. The van der Waals surface area contributed by atoms with Gasteiger partial charge in [0, 0.05) is 24.3 Å². The number of hydrogen-bond acceptors (Lipinski definition) is 2. The average Bonchev–Trinajstić information content (AvgIpc) is 2.63. The molecule has 0 bridgehead atoms. The molecule has 16 heavy (non-hydrogen) atoms. The molecule has 2 atom stereocenters. The molecule has 3 heteroatoms. The summed E-state index contributed by atoms with van der Waals surface area (Å²) in [5, 5.41) is 9.64. The van der Waals surface area contributed by atoms with Crippen molar-refractivity contribution in [3.8, 4) is 0 Å². The van der Waals surface area contributed by atoms with Gasteiger partial charge in [0.1, 0.15) is 5.82 Å². The van der Waals surface area contributed by atoms with Crippen LogP contribution in [0, 0.1) is 11.7 Å². The Labute approximate surface area is 95.7 Å². The van der Waals surface area contributed by atoms with Gasteiger partial charge in [-0.1, -0.05) is 13.0 Å². The fourth-order valence-corrected chi connectivity index (χ4v) is 2.37. The maximum Gasteiger partial charge on any atom is 0.131 e. The summed E-state index contributed by atoms with van der Waals surface area (Å²) in [6, 6.07) is 5.01. The van der Waals surface area contributed by atoms with Gasteiger partial charge in [0.25, 0.3) is 0 Å². The van der Waals surface area contributed by atoms with Crippen LogP contribution in [0.4, 0.5) is 10.1 Å². The Bertz CT molecular complexity index is 378. The third-order valence-corrected chi connectivity index (χ3v) is 3.21. The van der Waals surface area contributed by atoms with Crippen molar-refractivity contribution in [2.24, 2.45) is 5.92 Å². The van der Waals surface area contributed by atoms with E-state index in [1.54, 1.807) is 13.0 Å². The Morgan fingerprint density at radius 3 is 2.81 bits per heavy atom. The first-order chi connectivity index (χ1) is 7.59. The molecule has 2 nitrogen and oxygen atoms in total. The second kappa shape index (κ2) is 4.42. The highest BCUT2D eigenvalue weighted by molar-refractivity contribution is 5.55. The number of nitrogens with zero attached hydrogens (tertiary/aromatic N) is 1. The minimum atomic E-state index is -0.757. The Kier molecular flexibility index (Phi) is 3.15. The Morgan fingerprint density at radius 2 is 2.25 bits per heavy atom. The zero-order chi connectivity index (χ0) is 11.7. The van der Waals surface area contributed by atoms with Gasteiger partial charge in [0.2, 0.25) is 0 Å². The summed E-state index contributed by atoms with van der Waals surface area (Å²) in [5.41, 5.74) is 1.27. The molecule has 1 aliphatic rings. The first kappa shape index (κ1) is 11.4. The summed E-state index contributed by atoms with van der Waals surface area (Å²) in [5.74, 6) is 0.331. The Balaban J connectivity index is 2.36. The molecule has 0 aliphatic carbocycles. The van der Waals surface area contributed by atoms with E-state index in [1.807, 2.05) is 6.07 Å². The molecule has 1 aromatic rings. The topological polar surface area (TPSA) is 23.5 Å². The molecule has 0 spiro atoms. The van der Waals surface area contributed by atoms with Gasteiger partial charge in [-0.2, -0.15) is 0 Å². The van der Waals surface area contributed by atoms with Crippen LogP contribution in [0.15, 0.2) is 18.2 Å². The van der Waals surface area contributed by atoms with Gasteiger partial charge in [-0.05, 0) is 31.4 Å². The lowest BCUT2D eigenvalue weighted by molar-refractivity contribution is 0.194. The van der Waals surface area contributed by atoms with Crippen molar-refractivity contribution in [1.82, 2.24) is 0 Å². The molecule has 1 saturated heterocycles. The van der Waals surface area contributed by atoms with Crippen molar-refractivity contribution < 1.29 is 9.50 Å². The van der Waals surface area contributed by atoms with E-state index >= 15 is 0 Å². The van der Waals surface area contributed by atoms with Gasteiger partial charge in [-0.25, -0.2) is 4.39 Å². The van der Waals surface area contributed by atoms with Crippen molar-refractivity contribution in [3.05, 3.63) is 29.6 Å². The minimum absolute atomic E-state index is 0.313. The van der Waals surface area contributed by atoms with Crippen molar-refractivity contribution in [3.63, 3.8) is 0 Å². The predicted octanol–water partition coefficient (Wildman–Crippen LogP) is 2.73. The largest absolute Gasteiger partial charge is 0.389 e. The summed E-state index contributed by atoms with van der Waals surface area (Å²) in [6.07, 6.45) is 0.377. The monoisotopic (exact) mass is 223 g/mol. The van der Waals surface area contributed by atoms with E-state index in [9.17, 15) is 9.50 Å². The summed E-state index contributed by atoms with van der Waals surface area (Å²) in [6.45, 7) is 5.70. The number of benzene rings is 1. The lowest BCUT2D eigenvalue weighted by atomic mass is 10.1. The molecule has 2 rings (SSSR count). The van der Waals surface area contributed by atoms with Crippen LogP contribution in [-0.4, -0.2) is 18.2 Å². The zero-order valence-corrected chi connectivity index (χ0v) is 9.78. The third-order valence-electron chi connectivity index (χ3n) is 3.21. The van der Waals surface area contributed by atoms with E-state index in [4.69, 9.17) is 0 Å². The second-order valence-electron chi connectivity index (χ2n) is 4.69. The quantitative estimate of drug-likeness (QED) is 0.833.